The molecule has 2 nitrogen and oxygen atoms in total. The zero-order chi connectivity index (χ0) is 9.97. The van der Waals surface area contributed by atoms with Crippen molar-refractivity contribution in [1.29, 1.82) is 0 Å². The second kappa shape index (κ2) is 3.88. The number of rotatable bonds is 2. The Labute approximate surface area is 91.3 Å². The van der Waals surface area contributed by atoms with Crippen LogP contribution >= 0.6 is 15.9 Å². The van der Waals surface area contributed by atoms with Crippen LogP contribution in [0.2, 0.25) is 0 Å². The monoisotopic (exact) mass is 251 g/mol. The topological polar surface area (TPSA) is 14.2 Å². The summed E-state index contributed by atoms with van der Waals surface area (Å²) in [5.41, 5.74) is 1.09. The van der Waals surface area contributed by atoms with Gasteiger partial charge in [-0.25, -0.2) is 0 Å². The lowest BCUT2D eigenvalue weighted by atomic mass is 10.3. The number of nitrogens with zero attached hydrogens (tertiary/aromatic N) is 1. The van der Waals surface area contributed by atoms with Gasteiger partial charge in [-0.2, -0.15) is 0 Å². The molecule has 0 spiro atoms. The minimum atomic E-state index is 0.844. The first-order valence-corrected chi connectivity index (χ1v) is 5.07. The number of hydrogen-bond acceptors (Lipinski definition) is 1. The summed E-state index contributed by atoms with van der Waals surface area (Å²) in [6.45, 7) is 0. The highest BCUT2D eigenvalue weighted by Crippen LogP contribution is 2.27. The number of ether oxygens (including phenoxy) is 1. The van der Waals surface area contributed by atoms with E-state index in [2.05, 4.69) is 15.9 Å². The Balaban J connectivity index is 2.46. The van der Waals surface area contributed by atoms with E-state index >= 15 is 0 Å². The lowest BCUT2D eigenvalue weighted by Gasteiger charge is -2.07. The summed E-state index contributed by atoms with van der Waals surface area (Å²) >= 11 is 3.42. The van der Waals surface area contributed by atoms with Crippen LogP contribution in [0.4, 0.5) is 0 Å². The maximum Gasteiger partial charge on any atom is 0.135 e. The van der Waals surface area contributed by atoms with Crippen LogP contribution in [-0.4, -0.2) is 11.7 Å². The fraction of sp³-hybridized carbons (Fsp3) is 0.0909. The highest BCUT2D eigenvalue weighted by Gasteiger charge is 2.01. The summed E-state index contributed by atoms with van der Waals surface area (Å²) in [5, 5.41) is 0. The van der Waals surface area contributed by atoms with Gasteiger partial charge in [-0.15, -0.1) is 0 Å². The molecule has 2 rings (SSSR count). The number of hydrogen-bond donors (Lipinski definition) is 0. The van der Waals surface area contributed by atoms with Crippen LogP contribution in [0.1, 0.15) is 0 Å². The Morgan fingerprint density at radius 1 is 1.21 bits per heavy atom. The van der Waals surface area contributed by atoms with Crippen LogP contribution < -0.4 is 4.74 Å². The minimum Gasteiger partial charge on any atom is -0.495 e. The first-order valence-electron chi connectivity index (χ1n) is 4.28. The number of halogens is 1. The Bertz CT molecular complexity index is 423. The fourth-order valence-corrected chi connectivity index (χ4v) is 1.72. The van der Waals surface area contributed by atoms with Crippen molar-refractivity contribution in [3.8, 4) is 11.4 Å². The van der Waals surface area contributed by atoms with Crippen LogP contribution in [0.5, 0.6) is 5.75 Å². The Kier molecular flexibility index (Phi) is 2.59. The quantitative estimate of drug-likeness (QED) is 0.800. The van der Waals surface area contributed by atoms with Crippen LogP contribution in [0, 0.1) is 0 Å². The first-order chi connectivity index (χ1) is 6.81. The molecule has 0 atom stereocenters. The number of aromatic nitrogens is 1. The maximum absolute atomic E-state index is 5.22. The van der Waals surface area contributed by atoms with Crippen molar-refractivity contribution in [3.63, 3.8) is 0 Å². The normalized spacial score (nSPS) is 10.1. The summed E-state index contributed by atoms with van der Waals surface area (Å²) in [6.07, 6.45) is 4.01. The van der Waals surface area contributed by atoms with Crippen LogP contribution in [-0.2, 0) is 0 Å². The molecule has 0 saturated heterocycles. The summed E-state index contributed by atoms with van der Waals surface area (Å²) < 4.78 is 8.23. The molecule has 0 aliphatic heterocycles. The third-order valence-corrected chi connectivity index (χ3v) is 2.69. The molecule has 0 unspecified atom stereocenters. The van der Waals surface area contributed by atoms with Crippen molar-refractivity contribution >= 4 is 15.9 Å². The molecule has 2 aromatic rings. The fourth-order valence-electron chi connectivity index (χ4n) is 1.32. The molecule has 0 aliphatic carbocycles. The van der Waals surface area contributed by atoms with E-state index in [0.29, 0.717) is 0 Å². The van der Waals surface area contributed by atoms with Crippen LogP contribution in [0.3, 0.4) is 0 Å². The van der Waals surface area contributed by atoms with Gasteiger partial charge in [-0.3, -0.25) is 0 Å². The molecular weight excluding hydrogens is 242 g/mol. The Morgan fingerprint density at radius 2 is 1.93 bits per heavy atom. The average molecular weight is 252 g/mol. The van der Waals surface area contributed by atoms with Crippen molar-refractivity contribution < 1.29 is 4.74 Å². The van der Waals surface area contributed by atoms with Gasteiger partial charge >= 0.3 is 0 Å². The molecule has 0 N–H and O–H groups in total. The lowest BCUT2D eigenvalue weighted by Crippen LogP contribution is -1.91. The van der Waals surface area contributed by atoms with Gasteiger partial charge in [0.15, 0.2) is 0 Å². The van der Waals surface area contributed by atoms with E-state index in [1.807, 2.05) is 47.3 Å². The molecule has 0 saturated carbocycles. The summed E-state index contributed by atoms with van der Waals surface area (Å²) in [6, 6.07) is 9.99. The molecule has 0 radical (unpaired) electrons. The molecule has 0 amide bonds. The molecule has 1 aromatic heterocycles. The molecule has 1 heterocycles. The van der Waals surface area contributed by atoms with Gasteiger partial charge in [-0.05, 0) is 40.2 Å². The van der Waals surface area contributed by atoms with E-state index in [-0.39, 0.29) is 0 Å². The van der Waals surface area contributed by atoms with Crippen molar-refractivity contribution in [2.45, 2.75) is 0 Å². The van der Waals surface area contributed by atoms with Crippen molar-refractivity contribution in [1.82, 2.24) is 4.57 Å². The van der Waals surface area contributed by atoms with E-state index in [4.69, 9.17) is 4.74 Å². The van der Waals surface area contributed by atoms with E-state index in [1.165, 1.54) is 0 Å². The van der Waals surface area contributed by atoms with Gasteiger partial charge in [0.05, 0.1) is 11.6 Å². The van der Waals surface area contributed by atoms with Gasteiger partial charge in [0, 0.05) is 24.1 Å². The highest BCUT2D eigenvalue weighted by atomic mass is 79.9. The van der Waals surface area contributed by atoms with Crippen molar-refractivity contribution in [2.75, 3.05) is 7.11 Å². The number of methoxy groups -OCH3 is 1. The van der Waals surface area contributed by atoms with Gasteiger partial charge in [-0.1, -0.05) is 0 Å². The molecule has 72 valence electrons. The zero-order valence-electron chi connectivity index (χ0n) is 7.77. The molecule has 0 bridgehead atoms. The second-order valence-electron chi connectivity index (χ2n) is 2.91. The Hall–Kier alpha value is -1.22. The van der Waals surface area contributed by atoms with Crippen molar-refractivity contribution in [3.05, 3.63) is 47.2 Å². The van der Waals surface area contributed by atoms with E-state index in [9.17, 15) is 0 Å². The van der Waals surface area contributed by atoms with Gasteiger partial charge in [0.25, 0.3) is 0 Å². The average Bonchev–Trinajstić information content (AvgIpc) is 2.71. The molecule has 1 aromatic carbocycles. The van der Waals surface area contributed by atoms with E-state index in [1.54, 1.807) is 7.11 Å². The number of benzene rings is 1. The third kappa shape index (κ3) is 1.68. The van der Waals surface area contributed by atoms with Gasteiger partial charge in [0.2, 0.25) is 0 Å². The highest BCUT2D eigenvalue weighted by molar-refractivity contribution is 9.10. The summed E-state index contributed by atoms with van der Waals surface area (Å²) in [4.78, 5) is 0. The summed E-state index contributed by atoms with van der Waals surface area (Å²) in [5.74, 6) is 0.844. The van der Waals surface area contributed by atoms with Gasteiger partial charge in [0.1, 0.15) is 5.75 Å². The molecule has 3 heteroatoms. The predicted octanol–water partition coefficient (Wildman–Crippen LogP) is 3.25. The SMILES string of the molecule is COc1cc(-n2cccc2)ccc1Br. The lowest BCUT2D eigenvalue weighted by molar-refractivity contribution is 0.412. The predicted molar refractivity (Wildman–Crippen MR) is 60.0 cm³/mol. The summed E-state index contributed by atoms with van der Waals surface area (Å²) in [7, 11) is 1.67. The maximum atomic E-state index is 5.22. The first kappa shape index (κ1) is 9.34. The van der Waals surface area contributed by atoms with Gasteiger partial charge < -0.3 is 9.30 Å². The van der Waals surface area contributed by atoms with E-state index in [0.717, 1.165) is 15.9 Å². The van der Waals surface area contributed by atoms with Crippen LogP contribution in [0.15, 0.2) is 47.2 Å². The van der Waals surface area contributed by atoms with Crippen LogP contribution in [0.25, 0.3) is 5.69 Å². The largest absolute Gasteiger partial charge is 0.495 e. The molecule has 0 fully saturated rings. The standard InChI is InChI=1S/C11H10BrNO/c1-14-11-8-9(4-5-10(11)12)13-6-2-3-7-13/h2-8H,1H3. The molecule has 0 aliphatic rings. The minimum absolute atomic E-state index is 0.844. The molecule has 14 heavy (non-hydrogen) atoms. The molecular formula is C11H10BrNO. The van der Waals surface area contributed by atoms with E-state index < -0.39 is 0 Å². The Morgan fingerprint density at radius 3 is 2.57 bits per heavy atom. The second-order valence-corrected chi connectivity index (χ2v) is 3.76. The third-order valence-electron chi connectivity index (χ3n) is 2.04. The zero-order valence-corrected chi connectivity index (χ0v) is 9.36. The smallest absolute Gasteiger partial charge is 0.135 e. The van der Waals surface area contributed by atoms with Crippen molar-refractivity contribution in [2.24, 2.45) is 0 Å².